The van der Waals surface area contributed by atoms with Gasteiger partial charge < -0.3 is 10.1 Å². The number of hydrogen-bond donors (Lipinski definition) is 1. The third-order valence-corrected chi connectivity index (χ3v) is 5.07. The van der Waals surface area contributed by atoms with E-state index in [2.05, 4.69) is 15.3 Å². The number of anilines is 1. The molecule has 7 nitrogen and oxygen atoms in total. The van der Waals surface area contributed by atoms with Crippen molar-refractivity contribution in [3.8, 4) is 5.88 Å². The van der Waals surface area contributed by atoms with Gasteiger partial charge in [-0.15, -0.1) is 0 Å². The minimum Gasteiger partial charge on any atom is -0.472 e. The van der Waals surface area contributed by atoms with E-state index in [0.29, 0.717) is 37.3 Å². The smallest absolute Gasteiger partial charge is 0.257 e. The van der Waals surface area contributed by atoms with Crippen molar-refractivity contribution in [1.29, 1.82) is 0 Å². The third kappa shape index (κ3) is 4.04. The van der Waals surface area contributed by atoms with Gasteiger partial charge in [0.25, 0.3) is 5.88 Å². The lowest BCUT2D eigenvalue weighted by atomic mass is 10.0. The third-order valence-electron chi connectivity index (χ3n) is 3.25. The van der Waals surface area contributed by atoms with Crippen molar-refractivity contribution >= 4 is 15.8 Å². The summed E-state index contributed by atoms with van der Waals surface area (Å²) in [5.41, 5.74) is 0. The quantitative estimate of drug-likeness (QED) is 0.807. The fourth-order valence-electron chi connectivity index (χ4n) is 2.06. The number of ether oxygens (including phenoxy) is 1. The van der Waals surface area contributed by atoms with Crippen LogP contribution >= 0.6 is 0 Å². The standard InChI is InChI=1S/C13H22N4O3S/c1-4-21(18,19)17-8-11(9-17)7-16-12-13(20-10(2)3)15-6-5-14-12/h5-6,10-11H,4,7-9H2,1-3H3,(H,14,16). The Bertz CT molecular complexity index is 571. The van der Waals surface area contributed by atoms with E-state index in [-0.39, 0.29) is 11.9 Å². The van der Waals surface area contributed by atoms with E-state index in [0.717, 1.165) is 0 Å². The molecule has 1 aliphatic rings. The van der Waals surface area contributed by atoms with Gasteiger partial charge >= 0.3 is 0 Å². The van der Waals surface area contributed by atoms with E-state index in [9.17, 15) is 8.42 Å². The van der Waals surface area contributed by atoms with Gasteiger partial charge in [-0.05, 0) is 20.8 Å². The molecule has 0 unspecified atom stereocenters. The van der Waals surface area contributed by atoms with Gasteiger partial charge in [-0.2, -0.15) is 0 Å². The lowest BCUT2D eigenvalue weighted by molar-refractivity contribution is 0.210. The van der Waals surface area contributed by atoms with Gasteiger partial charge in [0.05, 0.1) is 11.9 Å². The van der Waals surface area contributed by atoms with Crippen molar-refractivity contribution in [2.45, 2.75) is 26.9 Å². The van der Waals surface area contributed by atoms with Gasteiger partial charge in [0.2, 0.25) is 10.0 Å². The second-order valence-corrected chi connectivity index (χ2v) is 7.60. The van der Waals surface area contributed by atoms with Crippen LogP contribution in [0.4, 0.5) is 5.82 Å². The highest BCUT2D eigenvalue weighted by atomic mass is 32.2. The van der Waals surface area contributed by atoms with Gasteiger partial charge in [0.1, 0.15) is 0 Å². The first kappa shape index (κ1) is 16.0. The van der Waals surface area contributed by atoms with E-state index >= 15 is 0 Å². The maximum Gasteiger partial charge on any atom is 0.257 e. The molecule has 1 saturated heterocycles. The monoisotopic (exact) mass is 314 g/mol. The molecule has 2 heterocycles. The number of hydrogen-bond acceptors (Lipinski definition) is 6. The van der Waals surface area contributed by atoms with Gasteiger partial charge in [-0.25, -0.2) is 22.7 Å². The molecule has 0 aromatic carbocycles. The van der Waals surface area contributed by atoms with Crippen LogP contribution in [-0.4, -0.2) is 54.2 Å². The molecule has 1 N–H and O–H groups in total. The highest BCUT2D eigenvalue weighted by molar-refractivity contribution is 7.89. The van der Waals surface area contributed by atoms with Crippen LogP contribution in [0.1, 0.15) is 20.8 Å². The lowest BCUT2D eigenvalue weighted by Gasteiger charge is -2.38. The van der Waals surface area contributed by atoms with E-state index in [1.54, 1.807) is 19.3 Å². The van der Waals surface area contributed by atoms with Crippen LogP contribution in [0.15, 0.2) is 12.4 Å². The predicted molar refractivity (Wildman–Crippen MR) is 80.8 cm³/mol. The Morgan fingerprint density at radius 3 is 2.67 bits per heavy atom. The number of aromatic nitrogens is 2. The Morgan fingerprint density at radius 1 is 1.38 bits per heavy atom. The molecular formula is C13H22N4O3S. The second kappa shape index (κ2) is 6.57. The van der Waals surface area contributed by atoms with Crippen molar-refractivity contribution in [3.63, 3.8) is 0 Å². The fraction of sp³-hybridized carbons (Fsp3) is 0.692. The van der Waals surface area contributed by atoms with Crippen molar-refractivity contribution in [3.05, 3.63) is 12.4 Å². The first-order valence-electron chi connectivity index (χ1n) is 7.11. The zero-order valence-electron chi connectivity index (χ0n) is 12.6. The molecule has 0 atom stereocenters. The maximum atomic E-state index is 11.6. The molecule has 21 heavy (non-hydrogen) atoms. The highest BCUT2D eigenvalue weighted by Crippen LogP contribution is 2.23. The summed E-state index contributed by atoms with van der Waals surface area (Å²) < 4.78 is 30.4. The minimum absolute atomic E-state index is 0.0242. The van der Waals surface area contributed by atoms with Crippen LogP contribution in [0.3, 0.4) is 0 Å². The summed E-state index contributed by atoms with van der Waals surface area (Å²) in [6.45, 7) is 7.29. The molecule has 1 fully saturated rings. The second-order valence-electron chi connectivity index (χ2n) is 5.34. The van der Waals surface area contributed by atoms with E-state index in [1.165, 1.54) is 4.31 Å². The van der Waals surface area contributed by atoms with Gasteiger partial charge in [-0.3, -0.25) is 0 Å². The number of rotatable bonds is 7. The van der Waals surface area contributed by atoms with Crippen LogP contribution in [-0.2, 0) is 10.0 Å². The van der Waals surface area contributed by atoms with Gasteiger partial charge in [0, 0.05) is 37.9 Å². The molecule has 0 spiro atoms. The molecule has 8 heteroatoms. The lowest BCUT2D eigenvalue weighted by Crippen LogP contribution is -2.52. The van der Waals surface area contributed by atoms with Crippen LogP contribution in [0.5, 0.6) is 5.88 Å². The van der Waals surface area contributed by atoms with Crippen LogP contribution in [0, 0.1) is 5.92 Å². The largest absolute Gasteiger partial charge is 0.472 e. The normalized spacial score (nSPS) is 16.8. The van der Waals surface area contributed by atoms with E-state index in [4.69, 9.17) is 4.74 Å². The van der Waals surface area contributed by atoms with Crippen molar-refractivity contribution in [2.75, 3.05) is 30.7 Å². The summed E-state index contributed by atoms with van der Waals surface area (Å²) in [6, 6.07) is 0. The van der Waals surface area contributed by atoms with Crippen LogP contribution in [0.2, 0.25) is 0 Å². The molecule has 0 bridgehead atoms. The zero-order valence-corrected chi connectivity index (χ0v) is 13.4. The molecule has 2 rings (SSSR count). The summed E-state index contributed by atoms with van der Waals surface area (Å²) in [5.74, 6) is 1.53. The van der Waals surface area contributed by atoms with Crippen molar-refractivity contribution in [2.24, 2.45) is 5.92 Å². The molecule has 0 aliphatic carbocycles. The summed E-state index contributed by atoms with van der Waals surface area (Å²) in [7, 11) is -3.05. The number of sulfonamides is 1. The Labute approximate surface area is 125 Å². The van der Waals surface area contributed by atoms with E-state index in [1.807, 2.05) is 13.8 Å². The topological polar surface area (TPSA) is 84.4 Å². The Kier molecular flexibility index (Phi) is 5.00. The minimum atomic E-state index is -3.05. The Hall–Kier alpha value is -1.41. The maximum absolute atomic E-state index is 11.6. The Balaban J connectivity index is 1.86. The molecule has 118 valence electrons. The van der Waals surface area contributed by atoms with Crippen LogP contribution in [0.25, 0.3) is 0 Å². The van der Waals surface area contributed by atoms with E-state index < -0.39 is 10.0 Å². The van der Waals surface area contributed by atoms with Gasteiger partial charge in [-0.1, -0.05) is 0 Å². The highest BCUT2D eigenvalue weighted by Gasteiger charge is 2.34. The average Bonchev–Trinajstić information content (AvgIpc) is 2.38. The Morgan fingerprint density at radius 2 is 2.05 bits per heavy atom. The molecule has 1 aromatic rings. The summed E-state index contributed by atoms with van der Waals surface area (Å²) in [4.78, 5) is 8.37. The summed E-state index contributed by atoms with van der Waals surface area (Å²) in [5, 5.41) is 3.19. The van der Waals surface area contributed by atoms with Crippen molar-refractivity contribution in [1.82, 2.24) is 14.3 Å². The average molecular weight is 314 g/mol. The molecule has 1 aromatic heterocycles. The predicted octanol–water partition coefficient (Wildman–Crippen LogP) is 0.957. The number of nitrogens with zero attached hydrogens (tertiary/aromatic N) is 3. The van der Waals surface area contributed by atoms with Crippen LogP contribution < -0.4 is 10.1 Å². The summed E-state index contributed by atoms with van der Waals surface area (Å²) >= 11 is 0. The summed E-state index contributed by atoms with van der Waals surface area (Å²) in [6.07, 6.45) is 3.21. The first-order chi connectivity index (χ1) is 9.92. The molecule has 0 radical (unpaired) electrons. The number of nitrogens with one attached hydrogen (secondary N) is 1. The molecule has 0 saturated carbocycles. The zero-order chi connectivity index (χ0) is 15.5. The first-order valence-corrected chi connectivity index (χ1v) is 8.72. The fourth-order valence-corrected chi connectivity index (χ4v) is 3.30. The van der Waals surface area contributed by atoms with Gasteiger partial charge in [0.15, 0.2) is 5.82 Å². The SMILES string of the molecule is CCS(=O)(=O)N1CC(CNc2nccnc2OC(C)C)C1. The molecular weight excluding hydrogens is 292 g/mol. The van der Waals surface area contributed by atoms with Crippen molar-refractivity contribution < 1.29 is 13.2 Å². The molecule has 1 aliphatic heterocycles. The molecule has 0 amide bonds.